The largest absolute Gasteiger partial charge is 0.505 e. The fourth-order valence-corrected chi connectivity index (χ4v) is 1.61. The predicted octanol–water partition coefficient (Wildman–Crippen LogP) is 0.00670. The Hall–Kier alpha value is -1.62. The van der Waals surface area contributed by atoms with Crippen molar-refractivity contribution in [2.75, 3.05) is 0 Å². The van der Waals surface area contributed by atoms with Gasteiger partial charge in [-0.05, 0) is 25.0 Å². The number of nitrogens with one attached hydrogen (secondary N) is 1. The van der Waals surface area contributed by atoms with Gasteiger partial charge in [0.2, 0.25) is 0 Å². The summed E-state index contributed by atoms with van der Waals surface area (Å²) in [7, 11) is 0. The van der Waals surface area contributed by atoms with Crippen LogP contribution < -0.4 is 11.1 Å². The van der Waals surface area contributed by atoms with E-state index in [0.717, 1.165) is 12.8 Å². The summed E-state index contributed by atoms with van der Waals surface area (Å²) in [6.45, 7) is 0. The summed E-state index contributed by atoms with van der Waals surface area (Å²) in [6.07, 6.45) is 3.06. The molecule has 5 nitrogen and oxygen atoms in total. The molecule has 1 aliphatic rings. The Kier molecular flexibility index (Phi) is 2.55. The highest BCUT2D eigenvalue weighted by atomic mass is 16.3. The quantitative estimate of drug-likeness (QED) is 0.637. The average Bonchev–Trinajstić information content (AvgIpc) is 2.16. The molecule has 15 heavy (non-hydrogen) atoms. The number of rotatable bonds is 2. The molecule has 1 fully saturated rings. The lowest BCUT2D eigenvalue weighted by Gasteiger charge is -2.32. The fourth-order valence-electron chi connectivity index (χ4n) is 1.61. The maximum Gasteiger partial charge on any atom is 0.273 e. The average molecular weight is 207 g/mol. The predicted molar refractivity (Wildman–Crippen MR) is 54.4 cm³/mol. The lowest BCUT2D eigenvalue weighted by atomic mass is 9.87. The van der Waals surface area contributed by atoms with E-state index < -0.39 is 0 Å². The molecule has 2 rings (SSSR count). The molecule has 0 unspecified atom stereocenters. The summed E-state index contributed by atoms with van der Waals surface area (Å²) < 4.78 is 0. The van der Waals surface area contributed by atoms with Crippen molar-refractivity contribution >= 4 is 5.91 Å². The lowest BCUT2D eigenvalue weighted by molar-refractivity contribution is 0.0902. The van der Waals surface area contributed by atoms with Crippen LogP contribution in [0, 0.1) is 0 Å². The number of hydrogen-bond donors (Lipinski definition) is 3. The van der Waals surface area contributed by atoms with Crippen LogP contribution in [0.25, 0.3) is 0 Å². The third-order valence-electron chi connectivity index (χ3n) is 2.51. The molecule has 1 amide bonds. The first-order valence-electron chi connectivity index (χ1n) is 4.87. The number of nitrogens with two attached hydrogens (primary N) is 1. The highest BCUT2D eigenvalue weighted by Crippen LogP contribution is 2.19. The zero-order valence-electron chi connectivity index (χ0n) is 8.18. The van der Waals surface area contributed by atoms with Crippen molar-refractivity contribution in [2.45, 2.75) is 24.9 Å². The molecule has 0 atom stereocenters. The minimum atomic E-state index is -0.343. The summed E-state index contributed by atoms with van der Waals surface area (Å²) in [5.74, 6) is -0.441. The van der Waals surface area contributed by atoms with Crippen LogP contribution in [0.3, 0.4) is 0 Å². The topological polar surface area (TPSA) is 88.2 Å². The maximum atomic E-state index is 11.6. The van der Waals surface area contributed by atoms with Crippen molar-refractivity contribution in [2.24, 2.45) is 5.73 Å². The number of amides is 1. The van der Waals surface area contributed by atoms with Gasteiger partial charge in [0.15, 0.2) is 5.69 Å². The molecule has 1 heterocycles. The molecule has 0 aromatic carbocycles. The molecule has 4 N–H and O–H groups in total. The van der Waals surface area contributed by atoms with Crippen molar-refractivity contribution in [1.82, 2.24) is 10.3 Å². The van der Waals surface area contributed by atoms with Crippen LogP contribution in [-0.2, 0) is 0 Å². The minimum absolute atomic E-state index is 0.0676. The standard InChI is InChI=1S/C10H13N3O2/c11-6-4-7(5-6)13-10(15)9-8(14)2-1-3-12-9/h1-3,6-7,14H,4-5,11H2,(H,13,15). The van der Waals surface area contributed by atoms with Crippen molar-refractivity contribution in [3.8, 4) is 5.75 Å². The van der Waals surface area contributed by atoms with Gasteiger partial charge in [0, 0.05) is 18.3 Å². The molecule has 5 heteroatoms. The number of nitrogens with zero attached hydrogens (tertiary/aromatic N) is 1. The molecule has 0 spiro atoms. The van der Waals surface area contributed by atoms with Crippen LogP contribution in [0.5, 0.6) is 5.75 Å². The van der Waals surface area contributed by atoms with Gasteiger partial charge < -0.3 is 16.2 Å². The number of aromatic hydroxyl groups is 1. The third kappa shape index (κ3) is 2.07. The second-order valence-corrected chi connectivity index (χ2v) is 3.77. The first-order chi connectivity index (χ1) is 7.16. The zero-order valence-corrected chi connectivity index (χ0v) is 8.18. The van der Waals surface area contributed by atoms with Crippen LogP contribution >= 0.6 is 0 Å². The molecule has 1 saturated carbocycles. The Morgan fingerprint density at radius 3 is 2.93 bits per heavy atom. The fraction of sp³-hybridized carbons (Fsp3) is 0.400. The van der Waals surface area contributed by atoms with Crippen molar-refractivity contribution in [1.29, 1.82) is 0 Å². The maximum absolute atomic E-state index is 11.6. The molecule has 1 aromatic heterocycles. The number of hydrogen-bond acceptors (Lipinski definition) is 4. The Balaban J connectivity index is 1.99. The number of carbonyl (C=O) groups is 1. The molecule has 1 aliphatic carbocycles. The Morgan fingerprint density at radius 2 is 2.33 bits per heavy atom. The molecule has 0 radical (unpaired) electrons. The third-order valence-corrected chi connectivity index (χ3v) is 2.51. The number of carbonyl (C=O) groups excluding carboxylic acids is 1. The van der Waals surface area contributed by atoms with Gasteiger partial charge in [0.05, 0.1) is 0 Å². The van der Waals surface area contributed by atoms with Gasteiger partial charge in [0.1, 0.15) is 5.75 Å². The minimum Gasteiger partial charge on any atom is -0.505 e. The summed E-state index contributed by atoms with van der Waals surface area (Å²) in [5.41, 5.74) is 5.66. The van der Waals surface area contributed by atoms with Crippen LogP contribution in [0.4, 0.5) is 0 Å². The first kappa shape index (κ1) is 9.92. The summed E-state index contributed by atoms with van der Waals surface area (Å²) >= 11 is 0. The van der Waals surface area contributed by atoms with Crippen LogP contribution in [-0.4, -0.2) is 28.1 Å². The van der Waals surface area contributed by atoms with Gasteiger partial charge >= 0.3 is 0 Å². The molecular formula is C10H13N3O2. The smallest absolute Gasteiger partial charge is 0.273 e. The SMILES string of the molecule is NC1CC(NC(=O)c2ncccc2O)C1. The molecular weight excluding hydrogens is 194 g/mol. The number of pyridine rings is 1. The first-order valence-corrected chi connectivity index (χ1v) is 4.87. The van der Waals surface area contributed by atoms with E-state index in [1.165, 1.54) is 12.3 Å². The zero-order chi connectivity index (χ0) is 10.8. The molecule has 1 aromatic rings. The van der Waals surface area contributed by atoms with Crippen LogP contribution in [0.15, 0.2) is 18.3 Å². The van der Waals surface area contributed by atoms with Crippen LogP contribution in [0.1, 0.15) is 23.3 Å². The Morgan fingerprint density at radius 1 is 1.60 bits per heavy atom. The lowest BCUT2D eigenvalue weighted by Crippen LogP contribution is -2.50. The molecule has 80 valence electrons. The van der Waals surface area contributed by atoms with Gasteiger partial charge in [0.25, 0.3) is 5.91 Å². The van der Waals surface area contributed by atoms with E-state index in [1.807, 2.05) is 0 Å². The highest BCUT2D eigenvalue weighted by molar-refractivity contribution is 5.94. The molecule has 0 saturated heterocycles. The van der Waals surface area contributed by atoms with Crippen molar-refractivity contribution < 1.29 is 9.90 Å². The van der Waals surface area contributed by atoms with Crippen molar-refractivity contribution in [3.05, 3.63) is 24.0 Å². The van der Waals surface area contributed by atoms with E-state index in [1.54, 1.807) is 6.07 Å². The van der Waals surface area contributed by atoms with E-state index in [9.17, 15) is 9.90 Å². The van der Waals surface area contributed by atoms with Gasteiger partial charge in [-0.2, -0.15) is 0 Å². The van der Waals surface area contributed by atoms with Gasteiger partial charge in [-0.25, -0.2) is 4.98 Å². The van der Waals surface area contributed by atoms with Gasteiger partial charge in [-0.1, -0.05) is 0 Å². The normalized spacial score (nSPS) is 24.3. The molecule has 0 bridgehead atoms. The Bertz CT molecular complexity index is 375. The monoisotopic (exact) mass is 207 g/mol. The van der Waals surface area contributed by atoms with E-state index in [-0.39, 0.29) is 29.4 Å². The van der Waals surface area contributed by atoms with E-state index >= 15 is 0 Å². The van der Waals surface area contributed by atoms with Gasteiger partial charge in [-0.3, -0.25) is 4.79 Å². The van der Waals surface area contributed by atoms with Gasteiger partial charge in [-0.15, -0.1) is 0 Å². The van der Waals surface area contributed by atoms with E-state index in [0.29, 0.717) is 0 Å². The summed E-state index contributed by atoms with van der Waals surface area (Å²) in [4.78, 5) is 15.4. The summed E-state index contributed by atoms with van der Waals surface area (Å²) in [5, 5.41) is 12.2. The second-order valence-electron chi connectivity index (χ2n) is 3.77. The van der Waals surface area contributed by atoms with Crippen molar-refractivity contribution in [3.63, 3.8) is 0 Å². The molecule has 0 aliphatic heterocycles. The highest BCUT2D eigenvalue weighted by Gasteiger charge is 2.28. The second kappa shape index (κ2) is 3.86. The summed E-state index contributed by atoms with van der Waals surface area (Å²) in [6, 6.07) is 3.32. The number of aromatic nitrogens is 1. The Labute approximate surface area is 87.3 Å². The van der Waals surface area contributed by atoms with E-state index in [2.05, 4.69) is 10.3 Å². The van der Waals surface area contributed by atoms with E-state index in [4.69, 9.17) is 5.73 Å². The van der Waals surface area contributed by atoms with Crippen LogP contribution in [0.2, 0.25) is 0 Å².